The zero-order valence-corrected chi connectivity index (χ0v) is 15.6. The average molecular weight is 367 g/mol. The molecular formula is C16H21N3O5S. The Balaban J connectivity index is 2.35. The van der Waals surface area contributed by atoms with Gasteiger partial charge in [-0.1, -0.05) is 6.07 Å². The summed E-state index contributed by atoms with van der Waals surface area (Å²) in [4.78, 5) is 29.7. The molecule has 0 aliphatic rings. The lowest BCUT2D eigenvalue weighted by Crippen LogP contribution is -2.36. The molecule has 2 rings (SSSR count). The maximum absolute atomic E-state index is 12.6. The van der Waals surface area contributed by atoms with E-state index in [0.29, 0.717) is 5.52 Å². The first-order valence-corrected chi connectivity index (χ1v) is 9.44. The Morgan fingerprint density at radius 1 is 1.28 bits per heavy atom. The fourth-order valence-corrected chi connectivity index (χ4v) is 3.02. The van der Waals surface area contributed by atoms with E-state index in [-0.39, 0.29) is 17.4 Å². The Morgan fingerprint density at radius 3 is 2.48 bits per heavy atom. The SMILES string of the molecule is CN(CC(=O)OC(C)(C)C)C(=O)c1nc(S(C)(=O)=O)n2ccccc12. The first-order chi connectivity index (χ1) is 11.4. The second-order valence-corrected chi connectivity index (χ2v) is 8.63. The molecule has 0 bridgehead atoms. The van der Waals surface area contributed by atoms with Crippen LogP contribution in [0.4, 0.5) is 0 Å². The van der Waals surface area contributed by atoms with E-state index in [2.05, 4.69) is 4.98 Å². The molecule has 0 aromatic carbocycles. The summed E-state index contributed by atoms with van der Waals surface area (Å²) in [5, 5.41) is -0.225. The van der Waals surface area contributed by atoms with Gasteiger partial charge in [-0.2, -0.15) is 0 Å². The van der Waals surface area contributed by atoms with Gasteiger partial charge in [0.25, 0.3) is 5.91 Å². The summed E-state index contributed by atoms with van der Waals surface area (Å²) in [6.45, 7) is 4.92. The highest BCUT2D eigenvalue weighted by Gasteiger charge is 2.26. The van der Waals surface area contributed by atoms with Crippen LogP contribution in [-0.4, -0.2) is 60.0 Å². The van der Waals surface area contributed by atoms with E-state index >= 15 is 0 Å². The van der Waals surface area contributed by atoms with Gasteiger partial charge >= 0.3 is 5.97 Å². The molecule has 2 aromatic heterocycles. The summed E-state index contributed by atoms with van der Waals surface area (Å²) < 4.78 is 30.3. The zero-order valence-electron chi connectivity index (χ0n) is 14.8. The summed E-state index contributed by atoms with van der Waals surface area (Å²) in [5.74, 6) is -1.13. The number of likely N-dealkylation sites (N-methyl/N-ethyl adjacent to an activating group) is 1. The number of carbonyl (C=O) groups excluding carboxylic acids is 2. The molecule has 0 spiro atoms. The Morgan fingerprint density at radius 2 is 1.92 bits per heavy atom. The van der Waals surface area contributed by atoms with Crippen molar-refractivity contribution in [1.82, 2.24) is 14.3 Å². The summed E-state index contributed by atoms with van der Waals surface area (Å²) in [7, 11) is -2.19. The molecule has 0 aliphatic heterocycles. The number of amides is 1. The predicted octanol–water partition coefficient (Wildman–Crippen LogP) is 1.15. The molecule has 0 aliphatic carbocycles. The molecule has 1 amide bonds. The van der Waals surface area contributed by atoms with Crippen molar-refractivity contribution in [3.05, 3.63) is 30.1 Å². The zero-order chi connectivity index (χ0) is 19.0. The standard InChI is InChI=1S/C16H21N3O5S/c1-16(2,3)24-12(20)10-18(4)14(21)13-11-8-6-7-9-19(11)15(17-13)25(5,22)23/h6-9H,10H2,1-5H3. The van der Waals surface area contributed by atoms with Crippen molar-refractivity contribution >= 4 is 27.2 Å². The van der Waals surface area contributed by atoms with Crippen molar-refractivity contribution in [2.45, 2.75) is 31.5 Å². The van der Waals surface area contributed by atoms with Gasteiger partial charge in [0, 0.05) is 19.5 Å². The van der Waals surface area contributed by atoms with Crippen LogP contribution in [0.5, 0.6) is 0 Å². The van der Waals surface area contributed by atoms with Gasteiger partial charge in [0.15, 0.2) is 5.69 Å². The van der Waals surface area contributed by atoms with E-state index < -0.39 is 27.3 Å². The predicted molar refractivity (Wildman–Crippen MR) is 91.1 cm³/mol. The first kappa shape index (κ1) is 18.9. The molecule has 0 atom stereocenters. The van der Waals surface area contributed by atoms with Crippen molar-refractivity contribution in [1.29, 1.82) is 0 Å². The summed E-state index contributed by atoms with van der Waals surface area (Å²) in [6, 6.07) is 4.91. The van der Waals surface area contributed by atoms with Crippen molar-refractivity contribution < 1.29 is 22.7 Å². The van der Waals surface area contributed by atoms with Crippen LogP contribution in [0.3, 0.4) is 0 Å². The highest BCUT2D eigenvalue weighted by Crippen LogP contribution is 2.18. The number of hydrogen-bond donors (Lipinski definition) is 0. The molecular weight excluding hydrogens is 346 g/mol. The number of fused-ring (bicyclic) bond motifs is 1. The number of rotatable bonds is 4. The van der Waals surface area contributed by atoms with Gasteiger partial charge < -0.3 is 9.64 Å². The van der Waals surface area contributed by atoms with Crippen molar-refractivity contribution in [3.63, 3.8) is 0 Å². The number of pyridine rings is 1. The molecule has 0 unspecified atom stereocenters. The van der Waals surface area contributed by atoms with Crippen LogP contribution in [0.1, 0.15) is 31.3 Å². The van der Waals surface area contributed by atoms with E-state index in [9.17, 15) is 18.0 Å². The van der Waals surface area contributed by atoms with E-state index in [0.717, 1.165) is 11.2 Å². The van der Waals surface area contributed by atoms with Crippen molar-refractivity contribution in [2.24, 2.45) is 0 Å². The lowest BCUT2D eigenvalue weighted by Gasteiger charge is -2.22. The fraction of sp³-hybridized carbons (Fsp3) is 0.438. The fourth-order valence-electron chi connectivity index (χ4n) is 2.25. The van der Waals surface area contributed by atoms with Crippen LogP contribution in [-0.2, 0) is 19.4 Å². The van der Waals surface area contributed by atoms with Crippen molar-refractivity contribution in [3.8, 4) is 0 Å². The number of aromatic nitrogens is 2. The Hall–Kier alpha value is -2.42. The Bertz CT molecular complexity index is 925. The van der Waals surface area contributed by atoms with Gasteiger partial charge in [-0.15, -0.1) is 0 Å². The number of hydrogen-bond acceptors (Lipinski definition) is 6. The Labute approximate surface area is 146 Å². The molecule has 0 saturated heterocycles. The summed E-state index contributed by atoms with van der Waals surface area (Å²) in [6.07, 6.45) is 2.54. The van der Waals surface area contributed by atoms with Crippen LogP contribution in [0.15, 0.2) is 29.6 Å². The van der Waals surface area contributed by atoms with Gasteiger partial charge in [-0.25, -0.2) is 13.4 Å². The van der Waals surface area contributed by atoms with Gasteiger partial charge in [0.1, 0.15) is 12.1 Å². The van der Waals surface area contributed by atoms with E-state index in [1.165, 1.54) is 17.6 Å². The highest BCUT2D eigenvalue weighted by atomic mass is 32.2. The second kappa shape index (κ2) is 6.47. The first-order valence-electron chi connectivity index (χ1n) is 7.54. The smallest absolute Gasteiger partial charge is 0.326 e. The topological polar surface area (TPSA) is 98.0 Å². The number of imidazole rings is 1. The van der Waals surface area contributed by atoms with Gasteiger partial charge in [0.2, 0.25) is 15.0 Å². The normalized spacial score (nSPS) is 12.2. The van der Waals surface area contributed by atoms with E-state index in [1.807, 2.05) is 0 Å². The van der Waals surface area contributed by atoms with Crippen LogP contribution in [0.25, 0.3) is 5.52 Å². The Kier molecular flexibility index (Phi) is 4.90. The third-order valence-electron chi connectivity index (χ3n) is 3.18. The molecule has 0 N–H and O–H groups in total. The minimum Gasteiger partial charge on any atom is -0.459 e. The molecule has 2 heterocycles. The van der Waals surface area contributed by atoms with Gasteiger partial charge in [-0.3, -0.25) is 14.0 Å². The molecule has 0 fully saturated rings. The number of esters is 1. The highest BCUT2D eigenvalue weighted by molar-refractivity contribution is 7.90. The van der Waals surface area contributed by atoms with Crippen LogP contribution >= 0.6 is 0 Å². The summed E-state index contributed by atoms with van der Waals surface area (Å²) >= 11 is 0. The maximum atomic E-state index is 12.6. The quantitative estimate of drug-likeness (QED) is 0.752. The average Bonchev–Trinajstić information content (AvgIpc) is 2.83. The number of carbonyl (C=O) groups is 2. The number of nitrogens with zero attached hydrogens (tertiary/aromatic N) is 3. The molecule has 8 nitrogen and oxygen atoms in total. The van der Waals surface area contributed by atoms with Crippen LogP contribution in [0.2, 0.25) is 0 Å². The molecule has 9 heteroatoms. The maximum Gasteiger partial charge on any atom is 0.326 e. The summed E-state index contributed by atoms with van der Waals surface area (Å²) in [5.41, 5.74) is -0.345. The van der Waals surface area contributed by atoms with E-state index in [1.54, 1.807) is 39.0 Å². The lowest BCUT2D eigenvalue weighted by atomic mass is 10.2. The van der Waals surface area contributed by atoms with Crippen molar-refractivity contribution in [2.75, 3.05) is 19.8 Å². The lowest BCUT2D eigenvalue weighted by molar-refractivity contribution is -0.155. The minimum absolute atomic E-state index is 0.0351. The molecule has 25 heavy (non-hydrogen) atoms. The molecule has 0 radical (unpaired) electrons. The number of sulfone groups is 1. The largest absolute Gasteiger partial charge is 0.459 e. The molecule has 0 saturated carbocycles. The third-order valence-corrected chi connectivity index (χ3v) is 4.13. The second-order valence-electron chi connectivity index (χ2n) is 6.72. The molecule has 136 valence electrons. The van der Waals surface area contributed by atoms with Crippen LogP contribution in [0, 0.1) is 0 Å². The van der Waals surface area contributed by atoms with Gasteiger partial charge in [0.05, 0.1) is 5.52 Å². The minimum atomic E-state index is -3.63. The van der Waals surface area contributed by atoms with Gasteiger partial charge in [-0.05, 0) is 32.9 Å². The molecule has 2 aromatic rings. The monoisotopic (exact) mass is 367 g/mol. The van der Waals surface area contributed by atoms with Crippen LogP contribution < -0.4 is 0 Å². The van der Waals surface area contributed by atoms with E-state index in [4.69, 9.17) is 4.74 Å². The number of ether oxygens (including phenoxy) is 1. The third kappa shape index (κ3) is 4.36.